The number of nitrogens with zero attached hydrogens (tertiary/aromatic N) is 2. The van der Waals surface area contributed by atoms with Crippen molar-refractivity contribution in [3.05, 3.63) is 34.3 Å². The fourth-order valence-corrected chi connectivity index (χ4v) is 2.51. The Hall–Kier alpha value is -1.30. The van der Waals surface area contributed by atoms with Crippen LogP contribution >= 0.6 is 11.6 Å². The number of nitrogens with two attached hydrogens (primary N) is 1. The number of nitrogens with one attached hydrogen (secondary N) is 1. The first-order valence-corrected chi connectivity index (χ1v) is 6.66. The predicted molar refractivity (Wildman–Crippen MR) is 76.7 cm³/mol. The first-order valence-electron chi connectivity index (χ1n) is 6.28. The maximum atomic E-state index is 8.62. The van der Waals surface area contributed by atoms with Crippen LogP contribution in [-0.4, -0.2) is 42.1 Å². The average Bonchev–Trinajstić information content (AvgIpc) is 2.82. The van der Waals surface area contributed by atoms with Crippen molar-refractivity contribution in [3.8, 4) is 0 Å². The smallest absolute Gasteiger partial charge is 0.170 e. The third-order valence-electron chi connectivity index (χ3n) is 3.43. The summed E-state index contributed by atoms with van der Waals surface area (Å²) in [5, 5.41) is 15.7. The minimum Gasteiger partial charge on any atom is -0.409 e. The quantitative estimate of drug-likeness (QED) is 0.336. The molecule has 1 aliphatic heterocycles. The maximum absolute atomic E-state index is 8.62. The highest BCUT2D eigenvalue weighted by molar-refractivity contribution is 6.31. The molecule has 1 atom stereocenters. The van der Waals surface area contributed by atoms with E-state index >= 15 is 0 Å². The number of benzene rings is 1. The van der Waals surface area contributed by atoms with Gasteiger partial charge in [0.15, 0.2) is 5.84 Å². The van der Waals surface area contributed by atoms with Crippen molar-refractivity contribution in [1.29, 1.82) is 0 Å². The molecule has 1 aliphatic rings. The summed E-state index contributed by atoms with van der Waals surface area (Å²) in [7, 11) is 2.13. The molecule has 19 heavy (non-hydrogen) atoms. The summed E-state index contributed by atoms with van der Waals surface area (Å²) < 4.78 is 0. The first kappa shape index (κ1) is 14.1. The third-order valence-corrected chi connectivity index (χ3v) is 3.78. The van der Waals surface area contributed by atoms with Crippen LogP contribution in [0.1, 0.15) is 17.5 Å². The van der Waals surface area contributed by atoms with Gasteiger partial charge in [-0.1, -0.05) is 28.9 Å². The van der Waals surface area contributed by atoms with Gasteiger partial charge in [-0.3, -0.25) is 0 Å². The van der Waals surface area contributed by atoms with Gasteiger partial charge in [-0.25, -0.2) is 0 Å². The molecule has 0 aliphatic carbocycles. The summed E-state index contributed by atoms with van der Waals surface area (Å²) in [4.78, 5) is 2.31. The summed E-state index contributed by atoms with van der Waals surface area (Å²) in [5.74, 6) is 0.0684. The van der Waals surface area contributed by atoms with Crippen molar-refractivity contribution < 1.29 is 5.21 Å². The van der Waals surface area contributed by atoms with Crippen molar-refractivity contribution in [1.82, 2.24) is 10.2 Å². The van der Waals surface area contributed by atoms with E-state index in [9.17, 15) is 0 Å². The number of likely N-dealkylation sites (tertiary alicyclic amines) is 1. The number of halogens is 1. The molecule has 6 heteroatoms. The highest BCUT2D eigenvalue weighted by atomic mass is 35.5. The minimum absolute atomic E-state index is 0.0684. The molecule has 0 aromatic heterocycles. The lowest BCUT2D eigenvalue weighted by Crippen LogP contribution is -2.31. The fourth-order valence-electron chi connectivity index (χ4n) is 2.26. The van der Waals surface area contributed by atoms with Crippen molar-refractivity contribution in [2.75, 3.05) is 20.1 Å². The molecule has 1 fully saturated rings. The average molecular weight is 283 g/mol. The van der Waals surface area contributed by atoms with Gasteiger partial charge < -0.3 is 21.2 Å². The molecule has 0 radical (unpaired) electrons. The Kier molecular flexibility index (Phi) is 4.63. The van der Waals surface area contributed by atoms with E-state index in [2.05, 4.69) is 22.4 Å². The van der Waals surface area contributed by atoms with Gasteiger partial charge in [0.2, 0.25) is 0 Å². The van der Waals surface area contributed by atoms with E-state index in [0.717, 1.165) is 31.6 Å². The molecule has 2 rings (SSSR count). The molecule has 0 spiro atoms. The molecular formula is C13H19ClN4O. The van der Waals surface area contributed by atoms with Gasteiger partial charge in [0, 0.05) is 29.7 Å². The molecule has 0 bridgehead atoms. The summed E-state index contributed by atoms with van der Waals surface area (Å²) in [6.07, 6.45) is 1.16. The fraction of sp³-hybridized carbons (Fsp3) is 0.462. The SMILES string of the molecule is CN1CCC(NCc2ccc(/C(N)=N/O)cc2Cl)C1. The van der Waals surface area contributed by atoms with E-state index in [1.807, 2.05) is 6.07 Å². The van der Waals surface area contributed by atoms with Crippen molar-refractivity contribution in [2.24, 2.45) is 10.9 Å². The van der Waals surface area contributed by atoms with E-state index in [4.69, 9.17) is 22.5 Å². The van der Waals surface area contributed by atoms with Crippen molar-refractivity contribution in [2.45, 2.75) is 19.0 Å². The Bertz CT molecular complexity index is 478. The van der Waals surface area contributed by atoms with Gasteiger partial charge in [-0.2, -0.15) is 0 Å². The summed E-state index contributed by atoms with van der Waals surface area (Å²) in [6.45, 7) is 2.93. The maximum Gasteiger partial charge on any atom is 0.170 e. The second kappa shape index (κ2) is 6.23. The van der Waals surface area contributed by atoms with E-state index in [1.54, 1.807) is 12.1 Å². The van der Waals surface area contributed by atoms with Crippen molar-refractivity contribution >= 4 is 17.4 Å². The Morgan fingerprint density at radius 1 is 1.63 bits per heavy atom. The zero-order chi connectivity index (χ0) is 13.8. The molecule has 5 nitrogen and oxygen atoms in total. The normalized spacial score (nSPS) is 20.9. The van der Waals surface area contributed by atoms with Gasteiger partial charge in [0.1, 0.15) is 0 Å². The third kappa shape index (κ3) is 3.59. The van der Waals surface area contributed by atoms with Crippen LogP contribution < -0.4 is 11.1 Å². The van der Waals surface area contributed by atoms with E-state index in [1.165, 1.54) is 0 Å². The predicted octanol–water partition coefficient (Wildman–Crippen LogP) is 1.23. The van der Waals surface area contributed by atoms with Crippen LogP contribution in [0.25, 0.3) is 0 Å². The second-order valence-electron chi connectivity index (χ2n) is 4.92. The van der Waals surface area contributed by atoms with Crippen LogP contribution in [0, 0.1) is 0 Å². The molecule has 0 amide bonds. The highest BCUT2D eigenvalue weighted by Crippen LogP contribution is 2.18. The van der Waals surface area contributed by atoms with Gasteiger partial charge in [0.05, 0.1) is 0 Å². The Labute approximate surface area is 118 Å². The van der Waals surface area contributed by atoms with Crippen molar-refractivity contribution in [3.63, 3.8) is 0 Å². The summed E-state index contributed by atoms with van der Waals surface area (Å²) >= 11 is 6.20. The first-order chi connectivity index (χ1) is 9.10. The standard InChI is InChI=1S/C13H19ClN4O/c1-18-5-4-11(8-18)16-7-10-3-2-9(6-12(10)14)13(15)17-19/h2-3,6,11,16,19H,4-5,7-8H2,1H3,(H2,15,17). The van der Waals surface area contributed by atoms with Crippen LogP contribution in [0.2, 0.25) is 5.02 Å². The van der Waals surface area contributed by atoms with Crippen LogP contribution in [0.15, 0.2) is 23.4 Å². The lowest BCUT2D eigenvalue weighted by atomic mass is 10.1. The second-order valence-corrected chi connectivity index (χ2v) is 5.33. The molecule has 1 aromatic carbocycles. The van der Waals surface area contributed by atoms with E-state index in [-0.39, 0.29) is 5.84 Å². The largest absolute Gasteiger partial charge is 0.409 e. The molecule has 104 valence electrons. The van der Waals surface area contributed by atoms with Crippen LogP contribution in [0.4, 0.5) is 0 Å². The zero-order valence-corrected chi connectivity index (χ0v) is 11.7. The lowest BCUT2D eigenvalue weighted by Gasteiger charge is -2.14. The molecule has 1 saturated heterocycles. The number of amidine groups is 1. The monoisotopic (exact) mass is 282 g/mol. The zero-order valence-electron chi connectivity index (χ0n) is 10.9. The molecule has 4 N–H and O–H groups in total. The minimum atomic E-state index is 0.0684. The van der Waals surface area contributed by atoms with Crippen LogP contribution in [0.5, 0.6) is 0 Å². The number of oxime groups is 1. The summed E-state index contributed by atoms with van der Waals surface area (Å²) in [6, 6.07) is 5.94. The molecule has 1 aromatic rings. The van der Waals surface area contributed by atoms with Crippen LogP contribution in [-0.2, 0) is 6.54 Å². The molecule has 1 heterocycles. The van der Waals surface area contributed by atoms with Gasteiger partial charge >= 0.3 is 0 Å². The molecule has 0 saturated carbocycles. The molecule has 1 unspecified atom stereocenters. The highest BCUT2D eigenvalue weighted by Gasteiger charge is 2.18. The van der Waals surface area contributed by atoms with Crippen LogP contribution in [0.3, 0.4) is 0 Å². The Morgan fingerprint density at radius 3 is 3.00 bits per heavy atom. The van der Waals surface area contributed by atoms with E-state index in [0.29, 0.717) is 16.6 Å². The molecular weight excluding hydrogens is 264 g/mol. The topological polar surface area (TPSA) is 73.9 Å². The number of rotatable bonds is 4. The number of hydrogen-bond acceptors (Lipinski definition) is 4. The lowest BCUT2D eigenvalue weighted by molar-refractivity contribution is 0.318. The Morgan fingerprint density at radius 2 is 2.42 bits per heavy atom. The summed E-state index contributed by atoms with van der Waals surface area (Å²) in [5.41, 5.74) is 7.16. The number of hydrogen-bond donors (Lipinski definition) is 3. The van der Waals surface area contributed by atoms with E-state index < -0.39 is 0 Å². The van der Waals surface area contributed by atoms with Gasteiger partial charge in [-0.05, 0) is 31.6 Å². The van der Waals surface area contributed by atoms with Gasteiger partial charge in [0.25, 0.3) is 0 Å². The number of likely N-dealkylation sites (N-methyl/N-ethyl adjacent to an activating group) is 1. The van der Waals surface area contributed by atoms with Gasteiger partial charge in [-0.15, -0.1) is 0 Å². The Balaban J connectivity index is 1.97.